The molecule has 0 bridgehead atoms. The predicted molar refractivity (Wildman–Crippen MR) is 117 cm³/mol. The van der Waals surface area contributed by atoms with Crippen LogP contribution in [0.4, 0.5) is 10.6 Å². The first kappa shape index (κ1) is 20.6. The SMILES string of the molecule is CCOC(=O)Oc1cnc(N)c2c(COc3cc(-c4cn(C)nn4)ccc3C)csc12. The van der Waals surface area contributed by atoms with Crippen molar-refractivity contribution in [2.45, 2.75) is 20.5 Å². The minimum absolute atomic E-state index is 0.223. The second-order valence-electron chi connectivity index (χ2n) is 6.80. The Morgan fingerprint density at radius 3 is 2.87 bits per heavy atom. The highest BCUT2D eigenvalue weighted by Gasteiger charge is 2.17. The van der Waals surface area contributed by atoms with Gasteiger partial charge in [0.05, 0.1) is 23.7 Å². The van der Waals surface area contributed by atoms with Gasteiger partial charge in [-0.1, -0.05) is 17.3 Å². The molecule has 9 nitrogen and oxygen atoms in total. The molecule has 0 unspecified atom stereocenters. The summed E-state index contributed by atoms with van der Waals surface area (Å²) in [5.74, 6) is 1.38. The van der Waals surface area contributed by atoms with Gasteiger partial charge in [0.2, 0.25) is 0 Å². The standard InChI is InChI=1S/C21H21N5O4S/c1-4-28-21(27)30-17-8-23-20(22)18-14(11-31-19(17)18)10-29-16-7-13(6-5-12(16)2)15-9-26(3)25-24-15/h5-9,11H,4,10H2,1-3H3,(H2,22,23). The van der Waals surface area contributed by atoms with E-state index in [2.05, 4.69) is 15.3 Å². The van der Waals surface area contributed by atoms with E-state index in [9.17, 15) is 4.79 Å². The molecule has 31 heavy (non-hydrogen) atoms. The summed E-state index contributed by atoms with van der Waals surface area (Å²) in [6, 6.07) is 5.89. The number of carbonyl (C=O) groups is 1. The van der Waals surface area contributed by atoms with Gasteiger partial charge in [0.1, 0.15) is 23.9 Å². The third kappa shape index (κ3) is 4.29. The van der Waals surface area contributed by atoms with Crippen LogP contribution < -0.4 is 15.2 Å². The summed E-state index contributed by atoms with van der Waals surface area (Å²) in [7, 11) is 1.82. The Hall–Kier alpha value is -3.66. The average Bonchev–Trinajstić information content (AvgIpc) is 3.37. The fourth-order valence-corrected chi connectivity index (χ4v) is 4.08. The molecule has 160 valence electrons. The number of nitrogen functional groups attached to an aromatic ring is 1. The van der Waals surface area contributed by atoms with Crippen LogP contribution in [0.25, 0.3) is 21.3 Å². The van der Waals surface area contributed by atoms with E-state index in [0.717, 1.165) is 28.1 Å². The Labute approximate surface area is 182 Å². The summed E-state index contributed by atoms with van der Waals surface area (Å²) in [6.45, 7) is 4.18. The van der Waals surface area contributed by atoms with Gasteiger partial charge in [0.15, 0.2) is 5.75 Å². The van der Waals surface area contributed by atoms with Crippen molar-refractivity contribution in [2.75, 3.05) is 12.3 Å². The van der Waals surface area contributed by atoms with Crippen molar-refractivity contribution in [3.63, 3.8) is 0 Å². The maximum Gasteiger partial charge on any atom is 0.513 e. The van der Waals surface area contributed by atoms with Gasteiger partial charge in [0, 0.05) is 23.6 Å². The fourth-order valence-electron chi connectivity index (χ4n) is 3.07. The molecule has 0 saturated carbocycles. The van der Waals surface area contributed by atoms with Crippen molar-refractivity contribution < 1.29 is 19.0 Å². The van der Waals surface area contributed by atoms with Crippen LogP contribution in [0.5, 0.6) is 11.5 Å². The van der Waals surface area contributed by atoms with Crippen LogP contribution in [-0.2, 0) is 18.4 Å². The van der Waals surface area contributed by atoms with Gasteiger partial charge in [-0.2, -0.15) is 0 Å². The molecule has 0 amide bonds. The molecule has 0 saturated heterocycles. The minimum Gasteiger partial charge on any atom is -0.489 e. The summed E-state index contributed by atoms with van der Waals surface area (Å²) in [4.78, 5) is 15.9. The molecular formula is C21H21N5O4S. The van der Waals surface area contributed by atoms with Crippen LogP contribution in [0.1, 0.15) is 18.1 Å². The van der Waals surface area contributed by atoms with Crippen molar-refractivity contribution in [1.29, 1.82) is 0 Å². The van der Waals surface area contributed by atoms with Gasteiger partial charge in [-0.05, 0) is 30.9 Å². The zero-order valence-electron chi connectivity index (χ0n) is 17.3. The quantitative estimate of drug-likeness (QED) is 0.447. The largest absolute Gasteiger partial charge is 0.513 e. The minimum atomic E-state index is -0.780. The third-order valence-electron chi connectivity index (χ3n) is 4.59. The van der Waals surface area contributed by atoms with Gasteiger partial charge < -0.3 is 19.9 Å². The van der Waals surface area contributed by atoms with Crippen molar-refractivity contribution in [3.8, 4) is 22.8 Å². The number of thiophene rings is 1. The predicted octanol–water partition coefficient (Wildman–Crippen LogP) is 4.10. The molecule has 0 fully saturated rings. The second kappa shape index (κ2) is 8.60. The number of pyridine rings is 1. The Morgan fingerprint density at radius 1 is 1.29 bits per heavy atom. The van der Waals surface area contributed by atoms with Crippen molar-refractivity contribution in [2.24, 2.45) is 7.05 Å². The highest BCUT2D eigenvalue weighted by atomic mass is 32.1. The van der Waals surface area contributed by atoms with E-state index < -0.39 is 6.16 Å². The van der Waals surface area contributed by atoms with E-state index in [4.69, 9.17) is 19.9 Å². The summed E-state index contributed by atoms with van der Waals surface area (Å²) in [5.41, 5.74) is 9.63. The lowest BCUT2D eigenvalue weighted by Gasteiger charge is -2.11. The molecule has 3 heterocycles. The number of ether oxygens (including phenoxy) is 3. The first-order valence-corrected chi connectivity index (χ1v) is 10.4. The highest BCUT2D eigenvalue weighted by molar-refractivity contribution is 7.17. The van der Waals surface area contributed by atoms with E-state index in [0.29, 0.717) is 21.7 Å². The lowest BCUT2D eigenvalue weighted by molar-refractivity contribution is 0.105. The number of rotatable bonds is 6. The van der Waals surface area contributed by atoms with E-state index in [1.54, 1.807) is 11.6 Å². The molecule has 0 radical (unpaired) electrons. The first-order valence-electron chi connectivity index (χ1n) is 9.55. The summed E-state index contributed by atoms with van der Waals surface area (Å²) >= 11 is 1.40. The van der Waals surface area contributed by atoms with Gasteiger partial charge >= 0.3 is 6.16 Å². The zero-order valence-corrected chi connectivity index (χ0v) is 18.1. The molecule has 4 rings (SSSR count). The topological polar surface area (TPSA) is 114 Å². The molecule has 0 aliphatic heterocycles. The normalized spacial score (nSPS) is 10.9. The third-order valence-corrected chi connectivity index (χ3v) is 5.64. The van der Waals surface area contributed by atoms with E-state index >= 15 is 0 Å². The molecule has 2 N–H and O–H groups in total. The smallest absolute Gasteiger partial charge is 0.489 e. The number of aryl methyl sites for hydroxylation is 2. The van der Waals surface area contributed by atoms with Crippen LogP contribution in [0.3, 0.4) is 0 Å². The second-order valence-corrected chi connectivity index (χ2v) is 7.68. The van der Waals surface area contributed by atoms with Crippen LogP contribution >= 0.6 is 11.3 Å². The number of hydrogen-bond donors (Lipinski definition) is 1. The highest BCUT2D eigenvalue weighted by Crippen LogP contribution is 2.37. The van der Waals surface area contributed by atoms with E-state index in [1.165, 1.54) is 17.5 Å². The maximum absolute atomic E-state index is 11.7. The van der Waals surface area contributed by atoms with Crippen LogP contribution in [-0.4, -0.2) is 32.7 Å². The van der Waals surface area contributed by atoms with Crippen molar-refractivity contribution >= 4 is 33.4 Å². The number of nitrogens with two attached hydrogens (primary N) is 1. The summed E-state index contributed by atoms with van der Waals surface area (Å²) in [6.07, 6.45) is 2.49. The maximum atomic E-state index is 11.7. The van der Waals surface area contributed by atoms with Crippen molar-refractivity contribution in [3.05, 3.63) is 47.1 Å². The molecule has 0 atom stereocenters. The number of nitrogens with zero attached hydrogens (tertiary/aromatic N) is 4. The molecule has 0 spiro atoms. The molecule has 4 aromatic rings. The molecule has 1 aromatic carbocycles. The summed E-state index contributed by atoms with van der Waals surface area (Å²) < 4.78 is 18.6. The van der Waals surface area contributed by atoms with E-state index in [1.807, 2.05) is 43.7 Å². The van der Waals surface area contributed by atoms with Gasteiger partial charge in [-0.15, -0.1) is 16.4 Å². The Bertz CT molecular complexity index is 1250. The number of anilines is 1. The molecule has 3 aromatic heterocycles. The molecule has 0 aliphatic rings. The monoisotopic (exact) mass is 439 g/mol. The van der Waals surface area contributed by atoms with Crippen LogP contribution in [0.15, 0.2) is 36.0 Å². The lowest BCUT2D eigenvalue weighted by atomic mass is 10.1. The number of aromatic nitrogens is 4. The van der Waals surface area contributed by atoms with Gasteiger partial charge in [-0.3, -0.25) is 4.68 Å². The lowest BCUT2D eigenvalue weighted by Crippen LogP contribution is -2.10. The van der Waals surface area contributed by atoms with E-state index in [-0.39, 0.29) is 13.2 Å². The van der Waals surface area contributed by atoms with Gasteiger partial charge in [-0.25, -0.2) is 9.78 Å². The number of fused-ring (bicyclic) bond motifs is 1. The van der Waals surface area contributed by atoms with Crippen LogP contribution in [0.2, 0.25) is 0 Å². The molecular weight excluding hydrogens is 418 g/mol. The number of benzene rings is 1. The Kier molecular flexibility index (Phi) is 5.72. The summed E-state index contributed by atoms with van der Waals surface area (Å²) in [5, 5.41) is 10.7. The molecule has 10 heteroatoms. The van der Waals surface area contributed by atoms with Crippen molar-refractivity contribution in [1.82, 2.24) is 20.0 Å². The molecule has 0 aliphatic carbocycles. The first-order chi connectivity index (χ1) is 15.0. The Balaban J connectivity index is 1.59. The number of carbonyl (C=O) groups excluding carboxylic acids is 1. The fraction of sp³-hybridized carbons (Fsp3) is 0.238. The zero-order chi connectivity index (χ0) is 22.0. The average molecular weight is 439 g/mol. The van der Waals surface area contributed by atoms with Crippen LogP contribution in [0, 0.1) is 6.92 Å². The van der Waals surface area contributed by atoms with Gasteiger partial charge in [0.25, 0.3) is 0 Å². The number of hydrogen-bond acceptors (Lipinski definition) is 9. The Morgan fingerprint density at radius 2 is 2.13 bits per heavy atom.